The van der Waals surface area contributed by atoms with E-state index in [2.05, 4.69) is 36.9 Å². The van der Waals surface area contributed by atoms with Crippen LogP contribution < -0.4 is 9.47 Å². The normalized spacial score (nSPS) is 14.0. The van der Waals surface area contributed by atoms with E-state index in [1.807, 2.05) is 0 Å². The summed E-state index contributed by atoms with van der Waals surface area (Å²) in [5.41, 5.74) is 1.36. The van der Waals surface area contributed by atoms with Crippen LogP contribution in [0.15, 0.2) is 18.2 Å². The van der Waals surface area contributed by atoms with E-state index in [4.69, 9.17) is 14.2 Å². The Bertz CT molecular complexity index is 703. The van der Waals surface area contributed by atoms with Crippen molar-refractivity contribution < 1.29 is 14.2 Å². The number of morpholine rings is 1. The molecule has 1 aromatic carbocycles. The van der Waals surface area contributed by atoms with E-state index in [9.17, 15) is 0 Å². The largest absolute Gasteiger partial charge is 0.490 e. The second-order valence-corrected chi connectivity index (χ2v) is 12.4. The molecule has 0 aromatic heterocycles. The number of hydrogen-bond donors (Lipinski definition) is 0. The highest BCUT2D eigenvalue weighted by Crippen LogP contribution is 2.30. The molecule has 1 heterocycles. The van der Waals surface area contributed by atoms with Gasteiger partial charge in [0.1, 0.15) is 0 Å². The maximum atomic E-state index is 6.34. The first-order valence-electron chi connectivity index (χ1n) is 18.0. The number of hydrogen-bond acceptors (Lipinski definition) is 4. The summed E-state index contributed by atoms with van der Waals surface area (Å²) in [7, 11) is 0. The Balaban J connectivity index is 1.67. The first-order chi connectivity index (χ1) is 20.3. The molecule has 2 rings (SSSR count). The molecule has 0 unspecified atom stereocenters. The van der Waals surface area contributed by atoms with Gasteiger partial charge < -0.3 is 14.2 Å². The lowest BCUT2D eigenvalue weighted by Gasteiger charge is -2.26. The Hall–Kier alpha value is -1.26. The van der Waals surface area contributed by atoms with Crippen molar-refractivity contribution in [2.75, 3.05) is 46.1 Å². The van der Waals surface area contributed by atoms with Gasteiger partial charge in [0.05, 0.1) is 26.4 Å². The molecule has 4 heteroatoms. The standard InChI is InChI=1S/C37H67NO3/c1-3-5-7-9-11-13-15-17-19-21-30-40-36-26-25-35(24-23-27-38-28-32-39-33-29-38)34-37(36)41-31-22-20-18-16-14-12-10-8-6-4-2/h25-26,34H,3-24,27-33H2,1-2H3. The number of benzene rings is 1. The molecule has 0 radical (unpaired) electrons. The minimum atomic E-state index is 0.793. The maximum absolute atomic E-state index is 6.34. The molecule has 0 N–H and O–H groups in total. The molecular weight excluding hydrogens is 506 g/mol. The van der Waals surface area contributed by atoms with E-state index in [-0.39, 0.29) is 0 Å². The van der Waals surface area contributed by atoms with Crippen molar-refractivity contribution in [3.8, 4) is 11.5 Å². The van der Waals surface area contributed by atoms with Gasteiger partial charge in [0, 0.05) is 13.1 Å². The molecule has 0 atom stereocenters. The second-order valence-electron chi connectivity index (χ2n) is 12.4. The minimum Gasteiger partial charge on any atom is -0.490 e. The van der Waals surface area contributed by atoms with E-state index in [0.717, 1.165) is 76.8 Å². The summed E-state index contributed by atoms with van der Waals surface area (Å²) in [4.78, 5) is 2.52. The topological polar surface area (TPSA) is 30.9 Å². The maximum Gasteiger partial charge on any atom is 0.161 e. The molecular formula is C37H67NO3. The monoisotopic (exact) mass is 574 g/mol. The quantitative estimate of drug-likeness (QED) is 0.0933. The molecule has 1 aliphatic rings. The van der Waals surface area contributed by atoms with Gasteiger partial charge in [-0.25, -0.2) is 0 Å². The average molecular weight is 574 g/mol. The molecule has 238 valence electrons. The van der Waals surface area contributed by atoms with Crippen LogP contribution in [0, 0.1) is 0 Å². The smallest absolute Gasteiger partial charge is 0.161 e. The zero-order valence-electron chi connectivity index (χ0n) is 27.4. The van der Waals surface area contributed by atoms with Crippen LogP contribution in [0.3, 0.4) is 0 Å². The van der Waals surface area contributed by atoms with Crippen LogP contribution in [0.25, 0.3) is 0 Å². The number of ether oxygens (including phenoxy) is 3. The van der Waals surface area contributed by atoms with Crippen LogP contribution in [0.1, 0.15) is 154 Å². The van der Waals surface area contributed by atoms with E-state index in [1.165, 1.54) is 128 Å². The van der Waals surface area contributed by atoms with E-state index in [0.29, 0.717) is 0 Å². The lowest BCUT2D eigenvalue weighted by molar-refractivity contribution is 0.0374. The summed E-state index contributed by atoms with van der Waals surface area (Å²) in [6.07, 6.45) is 29.2. The Morgan fingerprint density at radius 2 is 1.02 bits per heavy atom. The number of aryl methyl sites for hydroxylation is 1. The summed E-state index contributed by atoms with van der Waals surface area (Å²) in [5.74, 6) is 1.89. The van der Waals surface area contributed by atoms with Crippen LogP contribution in [0.5, 0.6) is 11.5 Å². The van der Waals surface area contributed by atoms with E-state index < -0.39 is 0 Å². The fourth-order valence-corrected chi connectivity index (χ4v) is 5.81. The zero-order valence-corrected chi connectivity index (χ0v) is 27.4. The lowest BCUT2D eigenvalue weighted by Crippen LogP contribution is -2.36. The summed E-state index contributed by atoms with van der Waals surface area (Å²) < 4.78 is 18.1. The van der Waals surface area contributed by atoms with Crippen molar-refractivity contribution in [3.63, 3.8) is 0 Å². The molecule has 1 aliphatic heterocycles. The molecule has 0 bridgehead atoms. The number of unbranched alkanes of at least 4 members (excludes halogenated alkanes) is 18. The summed E-state index contributed by atoms with van der Waals surface area (Å²) >= 11 is 0. The zero-order chi connectivity index (χ0) is 29.1. The first kappa shape index (κ1) is 35.9. The molecule has 1 fully saturated rings. The van der Waals surface area contributed by atoms with Gasteiger partial charge in [-0.15, -0.1) is 0 Å². The summed E-state index contributed by atoms with van der Waals surface area (Å²) in [6, 6.07) is 6.66. The third-order valence-electron chi connectivity index (χ3n) is 8.56. The second kappa shape index (κ2) is 26.4. The van der Waals surface area contributed by atoms with Crippen molar-refractivity contribution >= 4 is 0 Å². The van der Waals surface area contributed by atoms with Crippen molar-refractivity contribution in [3.05, 3.63) is 23.8 Å². The Morgan fingerprint density at radius 1 is 0.561 bits per heavy atom. The predicted molar refractivity (Wildman–Crippen MR) is 177 cm³/mol. The van der Waals surface area contributed by atoms with Gasteiger partial charge in [0.25, 0.3) is 0 Å². The van der Waals surface area contributed by atoms with Crippen LogP contribution in [-0.4, -0.2) is 51.0 Å². The van der Waals surface area contributed by atoms with Gasteiger partial charge in [-0.3, -0.25) is 4.90 Å². The Labute approximate surface area is 255 Å². The van der Waals surface area contributed by atoms with E-state index in [1.54, 1.807) is 0 Å². The van der Waals surface area contributed by atoms with Gasteiger partial charge in [-0.05, 0) is 49.9 Å². The number of nitrogens with zero attached hydrogens (tertiary/aromatic N) is 1. The highest BCUT2D eigenvalue weighted by atomic mass is 16.5. The highest BCUT2D eigenvalue weighted by Gasteiger charge is 2.11. The third kappa shape index (κ3) is 19.5. The third-order valence-corrected chi connectivity index (χ3v) is 8.56. The van der Waals surface area contributed by atoms with Gasteiger partial charge in [0.2, 0.25) is 0 Å². The lowest BCUT2D eigenvalue weighted by atomic mass is 10.1. The SMILES string of the molecule is CCCCCCCCCCCCOc1ccc(CCCN2CCOCC2)cc1OCCCCCCCCCCCC. The van der Waals surface area contributed by atoms with Crippen molar-refractivity contribution in [2.45, 2.75) is 155 Å². The Kier molecular flexibility index (Phi) is 23.1. The Morgan fingerprint density at radius 3 is 1.54 bits per heavy atom. The van der Waals surface area contributed by atoms with Gasteiger partial charge >= 0.3 is 0 Å². The fourth-order valence-electron chi connectivity index (χ4n) is 5.81. The van der Waals surface area contributed by atoms with Crippen molar-refractivity contribution in [1.82, 2.24) is 4.90 Å². The molecule has 0 spiro atoms. The molecule has 1 aromatic rings. The minimum absolute atomic E-state index is 0.793. The van der Waals surface area contributed by atoms with Crippen LogP contribution in [0.4, 0.5) is 0 Å². The highest BCUT2D eigenvalue weighted by molar-refractivity contribution is 5.43. The van der Waals surface area contributed by atoms with Crippen LogP contribution in [-0.2, 0) is 11.2 Å². The van der Waals surface area contributed by atoms with Crippen LogP contribution >= 0.6 is 0 Å². The molecule has 1 saturated heterocycles. The molecule has 4 nitrogen and oxygen atoms in total. The molecule has 0 amide bonds. The number of rotatable bonds is 28. The summed E-state index contributed by atoms with van der Waals surface area (Å²) in [5, 5.41) is 0. The predicted octanol–water partition coefficient (Wildman–Crippen LogP) is 10.6. The van der Waals surface area contributed by atoms with Gasteiger partial charge in [0.15, 0.2) is 11.5 Å². The van der Waals surface area contributed by atoms with Gasteiger partial charge in [-0.1, -0.05) is 135 Å². The fraction of sp³-hybridized carbons (Fsp3) is 0.838. The molecule has 41 heavy (non-hydrogen) atoms. The van der Waals surface area contributed by atoms with Crippen molar-refractivity contribution in [2.24, 2.45) is 0 Å². The summed E-state index contributed by atoms with van der Waals surface area (Å²) in [6.45, 7) is 11.2. The molecule has 0 saturated carbocycles. The molecule has 0 aliphatic carbocycles. The average Bonchev–Trinajstić information content (AvgIpc) is 3.00. The van der Waals surface area contributed by atoms with Crippen molar-refractivity contribution in [1.29, 1.82) is 0 Å². The van der Waals surface area contributed by atoms with Crippen LogP contribution in [0.2, 0.25) is 0 Å². The van der Waals surface area contributed by atoms with E-state index >= 15 is 0 Å². The van der Waals surface area contributed by atoms with Gasteiger partial charge in [-0.2, -0.15) is 0 Å². The first-order valence-corrected chi connectivity index (χ1v) is 18.0.